The third-order valence-electron chi connectivity index (χ3n) is 4.86. The molecule has 4 heterocycles. The van der Waals surface area contributed by atoms with Gasteiger partial charge in [0, 0.05) is 25.3 Å². The Balaban J connectivity index is 1.58. The number of nitriles is 1. The number of aromatic nitrogens is 4. The predicted molar refractivity (Wildman–Crippen MR) is 104 cm³/mol. The van der Waals surface area contributed by atoms with E-state index in [1.807, 2.05) is 6.07 Å². The van der Waals surface area contributed by atoms with Gasteiger partial charge in [0.15, 0.2) is 11.6 Å². The van der Waals surface area contributed by atoms with Gasteiger partial charge in [-0.3, -0.25) is 9.20 Å². The van der Waals surface area contributed by atoms with E-state index in [-0.39, 0.29) is 18.4 Å². The Kier molecular flexibility index (Phi) is 4.95. The van der Waals surface area contributed by atoms with Gasteiger partial charge in [-0.15, -0.1) is 0 Å². The van der Waals surface area contributed by atoms with E-state index in [0.29, 0.717) is 41.8 Å². The number of anilines is 2. The molecule has 1 aliphatic rings. The second-order valence-corrected chi connectivity index (χ2v) is 6.87. The van der Waals surface area contributed by atoms with Crippen LogP contribution in [0.1, 0.15) is 19.3 Å². The summed E-state index contributed by atoms with van der Waals surface area (Å²) in [5, 5.41) is 12.0. The molecular weight excluding hydrogens is 375 g/mol. The van der Waals surface area contributed by atoms with Gasteiger partial charge >= 0.3 is 0 Å². The van der Waals surface area contributed by atoms with Crippen molar-refractivity contribution in [3.63, 3.8) is 0 Å². The Morgan fingerprint density at radius 1 is 1.38 bits per heavy atom. The number of fused-ring (bicyclic) bond motifs is 1. The van der Waals surface area contributed by atoms with E-state index in [1.165, 1.54) is 18.5 Å². The van der Waals surface area contributed by atoms with Gasteiger partial charge in [0.2, 0.25) is 5.91 Å². The average molecular weight is 394 g/mol. The first-order valence-electron chi connectivity index (χ1n) is 9.22. The van der Waals surface area contributed by atoms with Gasteiger partial charge in [0.25, 0.3) is 0 Å². The van der Waals surface area contributed by atoms with Crippen LogP contribution in [0.15, 0.2) is 30.7 Å². The first-order valence-corrected chi connectivity index (χ1v) is 9.22. The molecule has 0 spiro atoms. The van der Waals surface area contributed by atoms with Crippen molar-refractivity contribution in [3.8, 4) is 17.6 Å². The van der Waals surface area contributed by atoms with Crippen LogP contribution in [-0.2, 0) is 4.79 Å². The van der Waals surface area contributed by atoms with E-state index in [9.17, 15) is 9.18 Å². The van der Waals surface area contributed by atoms with Gasteiger partial charge < -0.3 is 16.0 Å². The molecule has 0 aromatic carbocycles. The minimum atomic E-state index is -0.394. The molecule has 3 aromatic heterocycles. The molecule has 1 aliphatic heterocycles. The monoisotopic (exact) mass is 394 g/mol. The lowest BCUT2D eigenvalue weighted by Crippen LogP contribution is -2.45. The summed E-state index contributed by atoms with van der Waals surface area (Å²) in [6, 6.07) is 4.76. The smallest absolute Gasteiger partial charge is 0.236 e. The van der Waals surface area contributed by atoms with Crippen molar-refractivity contribution in [2.45, 2.75) is 25.3 Å². The minimum absolute atomic E-state index is 0.0453. The molecule has 4 rings (SSSR count). The molecule has 0 aliphatic carbocycles. The Bertz CT molecular complexity index is 1110. The van der Waals surface area contributed by atoms with E-state index in [1.54, 1.807) is 21.6 Å². The Labute approximate surface area is 166 Å². The zero-order valence-corrected chi connectivity index (χ0v) is 15.5. The molecule has 3 N–H and O–H groups in total. The third-order valence-corrected chi connectivity index (χ3v) is 4.86. The van der Waals surface area contributed by atoms with Gasteiger partial charge in [-0.1, -0.05) is 0 Å². The maximum absolute atomic E-state index is 13.6. The van der Waals surface area contributed by atoms with Crippen LogP contribution in [0, 0.1) is 17.1 Å². The number of pyridine rings is 1. The summed E-state index contributed by atoms with van der Waals surface area (Å²) in [4.78, 5) is 26.7. The Hall–Kier alpha value is -3.74. The molecular formula is C19H19FN8O. The van der Waals surface area contributed by atoms with Crippen LogP contribution >= 0.6 is 0 Å². The van der Waals surface area contributed by atoms with E-state index < -0.39 is 5.82 Å². The molecule has 1 atom stereocenters. The lowest BCUT2D eigenvalue weighted by atomic mass is 10.1. The highest BCUT2D eigenvalue weighted by molar-refractivity contribution is 5.78. The lowest BCUT2D eigenvalue weighted by molar-refractivity contribution is -0.131. The number of halogens is 1. The molecule has 0 saturated carbocycles. The topological polar surface area (TPSA) is 125 Å². The van der Waals surface area contributed by atoms with Crippen molar-refractivity contribution in [1.82, 2.24) is 24.3 Å². The molecule has 1 saturated heterocycles. The zero-order chi connectivity index (χ0) is 20.4. The van der Waals surface area contributed by atoms with Crippen molar-refractivity contribution in [3.05, 3.63) is 36.5 Å². The van der Waals surface area contributed by atoms with E-state index in [2.05, 4.69) is 20.3 Å². The summed E-state index contributed by atoms with van der Waals surface area (Å²) in [6.07, 6.45) is 5.93. The van der Waals surface area contributed by atoms with Crippen LogP contribution in [-0.4, -0.2) is 49.3 Å². The van der Waals surface area contributed by atoms with Gasteiger partial charge in [-0.05, 0) is 25.0 Å². The van der Waals surface area contributed by atoms with Crippen LogP contribution < -0.4 is 11.1 Å². The SMILES string of the molecule is N#CCC(=O)N1CCCC(Nc2nc(-c3cnc4ccc(F)cn34)ncc2N)C1. The number of hydrogen-bond acceptors (Lipinski definition) is 7. The predicted octanol–water partition coefficient (Wildman–Crippen LogP) is 1.83. The fourth-order valence-corrected chi connectivity index (χ4v) is 3.44. The largest absolute Gasteiger partial charge is 0.394 e. The lowest BCUT2D eigenvalue weighted by Gasteiger charge is -2.33. The van der Waals surface area contributed by atoms with Gasteiger partial charge in [0.1, 0.15) is 23.6 Å². The molecule has 0 radical (unpaired) electrons. The van der Waals surface area contributed by atoms with Crippen LogP contribution in [0.2, 0.25) is 0 Å². The standard InChI is InChI=1S/C19H19FN8O/c20-12-3-4-16-23-9-15(28(16)10-12)19-24-8-14(22)18(26-19)25-13-2-1-7-27(11-13)17(29)5-6-21/h3-4,8-10,13H,1-2,5,7,11,22H2,(H,24,25,26). The first-order chi connectivity index (χ1) is 14.0. The highest BCUT2D eigenvalue weighted by atomic mass is 19.1. The number of nitrogens with zero attached hydrogens (tertiary/aromatic N) is 6. The second kappa shape index (κ2) is 7.71. The molecule has 1 unspecified atom stereocenters. The number of likely N-dealkylation sites (tertiary alicyclic amines) is 1. The number of hydrogen-bond donors (Lipinski definition) is 2. The van der Waals surface area contributed by atoms with Crippen LogP contribution in [0.3, 0.4) is 0 Å². The highest BCUT2D eigenvalue weighted by Gasteiger charge is 2.24. The summed E-state index contributed by atoms with van der Waals surface area (Å²) in [7, 11) is 0. The first kappa shape index (κ1) is 18.6. The Morgan fingerprint density at radius 2 is 2.24 bits per heavy atom. The number of rotatable bonds is 4. The summed E-state index contributed by atoms with van der Waals surface area (Å²) < 4.78 is 15.2. The molecule has 3 aromatic rings. The zero-order valence-electron chi connectivity index (χ0n) is 15.5. The van der Waals surface area contributed by atoms with Crippen molar-refractivity contribution >= 4 is 23.1 Å². The number of nitrogens with two attached hydrogens (primary N) is 1. The fourth-order valence-electron chi connectivity index (χ4n) is 3.44. The summed E-state index contributed by atoms with van der Waals surface area (Å²) in [5.41, 5.74) is 7.53. The molecule has 1 fully saturated rings. The molecule has 29 heavy (non-hydrogen) atoms. The number of carbonyl (C=O) groups is 1. The summed E-state index contributed by atoms with van der Waals surface area (Å²) in [5.74, 6) is 0.229. The summed E-state index contributed by atoms with van der Waals surface area (Å²) >= 11 is 0. The highest BCUT2D eigenvalue weighted by Crippen LogP contribution is 2.24. The van der Waals surface area contributed by atoms with Gasteiger partial charge in [-0.25, -0.2) is 19.3 Å². The molecule has 9 nitrogen and oxygen atoms in total. The number of piperidine rings is 1. The number of amides is 1. The normalized spacial score (nSPS) is 16.6. The van der Waals surface area contributed by atoms with Crippen molar-refractivity contribution in [2.24, 2.45) is 0 Å². The molecule has 10 heteroatoms. The maximum atomic E-state index is 13.6. The number of nitrogens with one attached hydrogen (secondary N) is 1. The van der Waals surface area contributed by atoms with Crippen LogP contribution in [0.4, 0.5) is 15.9 Å². The van der Waals surface area contributed by atoms with Crippen molar-refractivity contribution in [2.75, 3.05) is 24.1 Å². The van der Waals surface area contributed by atoms with E-state index in [0.717, 1.165) is 12.8 Å². The van der Waals surface area contributed by atoms with E-state index in [4.69, 9.17) is 11.0 Å². The van der Waals surface area contributed by atoms with E-state index >= 15 is 0 Å². The third kappa shape index (κ3) is 3.80. The van der Waals surface area contributed by atoms with Crippen molar-refractivity contribution in [1.29, 1.82) is 5.26 Å². The number of imidazole rings is 1. The maximum Gasteiger partial charge on any atom is 0.236 e. The minimum Gasteiger partial charge on any atom is -0.394 e. The second-order valence-electron chi connectivity index (χ2n) is 6.87. The molecule has 148 valence electrons. The molecule has 0 bridgehead atoms. The number of nitrogen functional groups attached to an aromatic ring is 1. The quantitative estimate of drug-likeness (QED) is 0.691. The van der Waals surface area contributed by atoms with Gasteiger partial charge in [0.05, 0.1) is 24.2 Å². The van der Waals surface area contributed by atoms with Crippen LogP contribution in [0.25, 0.3) is 17.2 Å². The number of carbonyl (C=O) groups excluding carboxylic acids is 1. The van der Waals surface area contributed by atoms with Crippen molar-refractivity contribution < 1.29 is 9.18 Å². The van der Waals surface area contributed by atoms with Gasteiger partial charge in [-0.2, -0.15) is 5.26 Å². The fraction of sp³-hybridized carbons (Fsp3) is 0.316. The van der Waals surface area contributed by atoms with Crippen LogP contribution in [0.5, 0.6) is 0 Å². The molecule has 1 amide bonds. The average Bonchev–Trinajstić information content (AvgIpc) is 3.13. The summed E-state index contributed by atoms with van der Waals surface area (Å²) in [6.45, 7) is 1.11. The Morgan fingerprint density at radius 3 is 3.07 bits per heavy atom.